The van der Waals surface area contributed by atoms with E-state index in [4.69, 9.17) is 4.74 Å². The fraction of sp³-hybridized carbons (Fsp3) is 0.136. The third-order valence-electron chi connectivity index (χ3n) is 4.62. The van der Waals surface area contributed by atoms with Crippen LogP contribution in [0.1, 0.15) is 6.92 Å². The number of ether oxygens (including phenoxy) is 1. The number of thiophene rings is 1. The number of rotatable bonds is 6. The molecule has 0 fully saturated rings. The number of carbonyl (C=O) groups is 1. The molecule has 0 saturated heterocycles. The van der Waals surface area contributed by atoms with Crippen molar-refractivity contribution < 1.29 is 18.3 Å². The third-order valence-corrected chi connectivity index (χ3v) is 5.51. The van der Waals surface area contributed by atoms with Crippen molar-refractivity contribution in [1.82, 2.24) is 9.13 Å². The van der Waals surface area contributed by atoms with Crippen molar-refractivity contribution in [1.29, 1.82) is 0 Å². The van der Waals surface area contributed by atoms with E-state index in [9.17, 15) is 23.2 Å². The maximum absolute atomic E-state index is 13.7. The second-order valence-corrected chi connectivity index (χ2v) is 7.67. The summed E-state index contributed by atoms with van der Waals surface area (Å²) >= 11 is 1.06. The molecule has 4 aromatic rings. The summed E-state index contributed by atoms with van der Waals surface area (Å²) in [7, 11) is 0. The normalized spacial score (nSPS) is 11.0. The standard InChI is InChI=1S/C22H17F2N3O4S/c1-2-31-18-6-4-3-5-16(18)25-19(28)12-26-17-7-8-32-20(17)21(29)27(22(26)30)15-10-13(23)9-14(24)11-15/h3-11H,2,12H2,1H3,(H,25,28). The van der Waals surface area contributed by atoms with Gasteiger partial charge in [0.05, 0.1) is 23.5 Å². The first-order chi connectivity index (χ1) is 15.4. The molecule has 0 aliphatic carbocycles. The molecule has 2 aromatic carbocycles. The van der Waals surface area contributed by atoms with Crippen molar-refractivity contribution in [3.05, 3.63) is 86.4 Å². The molecular formula is C22H17F2N3O4S. The van der Waals surface area contributed by atoms with E-state index < -0.39 is 35.3 Å². The molecule has 0 unspecified atom stereocenters. The first-order valence-corrected chi connectivity index (χ1v) is 10.5. The van der Waals surface area contributed by atoms with E-state index in [0.29, 0.717) is 28.7 Å². The number of nitrogens with one attached hydrogen (secondary N) is 1. The van der Waals surface area contributed by atoms with Gasteiger partial charge in [-0.1, -0.05) is 12.1 Å². The number of hydrogen-bond acceptors (Lipinski definition) is 5. The number of benzene rings is 2. The number of hydrogen-bond donors (Lipinski definition) is 1. The Hall–Kier alpha value is -3.79. The fourth-order valence-electron chi connectivity index (χ4n) is 3.32. The van der Waals surface area contributed by atoms with Crippen molar-refractivity contribution in [2.45, 2.75) is 13.5 Å². The zero-order valence-electron chi connectivity index (χ0n) is 16.8. The molecule has 0 aliphatic heterocycles. The summed E-state index contributed by atoms with van der Waals surface area (Å²) < 4.78 is 34.9. The smallest absolute Gasteiger partial charge is 0.336 e. The van der Waals surface area contributed by atoms with Crippen molar-refractivity contribution in [2.24, 2.45) is 0 Å². The first-order valence-electron chi connectivity index (χ1n) is 9.60. The summed E-state index contributed by atoms with van der Waals surface area (Å²) in [4.78, 5) is 38.8. The lowest BCUT2D eigenvalue weighted by atomic mass is 10.3. The molecule has 10 heteroatoms. The van der Waals surface area contributed by atoms with Gasteiger partial charge in [-0.3, -0.25) is 14.2 Å². The highest BCUT2D eigenvalue weighted by molar-refractivity contribution is 7.17. The highest BCUT2D eigenvalue weighted by Crippen LogP contribution is 2.24. The number of nitrogens with zero attached hydrogens (tertiary/aromatic N) is 2. The van der Waals surface area contributed by atoms with Gasteiger partial charge in [0.15, 0.2) is 0 Å². The Kier molecular flexibility index (Phi) is 5.87. The van der Waals surface area contributed by atoms with Crippen molar-refractivity contribution in [3.63, 3.8) is 0 Å². The molecule has 0 aliphatic rings. The second-order valence-electron chi connectivity index (χ2n) is 6.75. The summed E-state index contributed by atoms with van der Waals surface area (Å²) in [5.74, 6) is -1.94. The fourth-order valence-corrected chi connectivity index (χ4v) is 4.14. The van der Waals surface area contributed by atoms with Gasteiger partial charge >= 0.3 is 5.69 Å². The minimum atomic E-state index is -0.936. The molecule has 2 aromatic heterocycles. The Morgan fingerprint density at radius 3 is 2.53 bits per heavy atom. The third kappa shape index (κ3) is 4.04. The topological polar surface area (TPSA) is 82.3 Å². The van der Waals surface area contributed by atoms with Crippen LogP contribution in [0.3, 0.4) is 0 Å². The van der Waals surface area contributed by atoms with Crippen LogP contribution in [0, 0.1) is 11.6 Å². The summed E-state index contributed by atoms with van der Waals surface area (Å²) in [6.07, 6.45) is 0. The zero-order valence-corrected chi connectivity index (χ0v) is 17.6. The maximum Gasteiger partial charge on any atom is 0.336 e. The van der Waals surface area contributed by atoms with Crippen LogP contribution in [-0.4, -0.2) is 21.6 Å². The van der Waals surface area contributed by atoms with Crippen molar-refractivity contribution in [3.8, 4) is 11.4 Å². The molecule has 4 rings (SSSR count). The number of carbonyl (C=O) groups excluding carboxylic acids is 1. The molecule has 0 radical (unpaired) electrons. The monoisotopic (exact) mass is 457 g/mol. The van der Waals surface area contributed by atoms with Crippen LogP contribution in [0.4, 0.5) is 14.5 Å². The minimum absolute atomic E-state index is 0.178. The number of para-hydroxylation sites is 2. The molecule has 0 bridgehead atoms. The maximum atomic E-state index is 13.7. The zero-order chi connectivity index (χ0) is 22.8. The Balaban J connectivity index is 1.78. The van der Waals surface area contributed by atoms with Gasteiger partial charge in [-0.15, -0.1) is 11.3 Å². The number of aromatic nitrogens is 2. The first kappa shape index (κ1) is 21.4. The Morgan fingerprint density at radius 2 is 1.81 bits per heavy atom. The molecule has 0 atom stereocenters. The summed E-state index contributed by atoms with van der Waals surface area (Å²) in [5.41, 5.74) is -1.19. The van der Waals surface area contributed by atoms with E-state index in [1.165, 1.54) is 0 Å². The van der Waals surface area contributed by atoms with Crippen LogP contribution in [0.15, 0.2) is 63.5 Å². The average molecular weight is 457 g/mol. The van der Waals surface area contributed by atoms with Crippen LogP contribution in [0.5, 0.6) is 5.75 Å². The molecule has 2 heterocycles. The number of fused-ring (bicyclic) bond motifs is 1. The number of anilines is 1. The van der Waals surface area contributed by atoms with Gasteiger partial charge < -0.3 is 10.1 Å². The number of amides is 1. The largest absolute Gasteiger partial charge is 0.492 e. The summed E-state index contributed by atoms with van der Waals surface area (Å²) in [5, 5.41) is 4.29. The Labute approximate surface area is 184 Å². The van der Waals surface area contributed by atoms with Gasteiger partial charge in [-0.05, 0) is 42.6 Å². The number of halogens is 2. The highest BCUT2D eigenvalue weighted by atomic mass is 32.1. The van der Waals surface area contributed by atoms with E-state index >= 15 is 0 Å². The van der Waals surface area contributed by atoms with E-state index in [1.54, 1.807) is 35.7 Å². The van der Waals surface area contributed by atoms with Gasteiger partial charge in [-0.25, -0.2) is 18.1 Å². The minimum Gasteiger partial charge on any atom is -0.492 e. The summed E-state index contributed by atoms with van der Waals surface area (Å²) in [6, 6.07) is 10.8. The lowest BCUT2D eigenvalue weighted by molar-refractivity contribution is -0.116. The molecular weight excluding hydrogens is 440 g/mol. The SMILES string of the molecule is CCOc1ccccc1NC(=O)Cn1c(=O)n(-c2cc(F)cc(F)c2)c(=O)c2sccc21. The molecule has 32 heavy (non-hydrogen) atoms. The van der Waals surface area contributed by atoms with Gasteiger partial charge in [0, 0.05) is 6.07 Å². The van der Waals surface area contributed by atoms with Gasteiger partial charge in [0.25, 0.3) is 5.56 Å². The quantitative estimate of drug-likeness (QED) is 0.480. The second kappa shape index (κ2) is 8.75. The van der Waals surface area contributed by atoms with Gasteiger partial charge in [0.1, 0.15) is 28.6 Å². The van der Waals surface area contributed by atoms with E-state index in [-0.39, 0.29) is 15.9 Å². The highest BCUT2D eigenvalue weighted by Gasteiger charge is 2.19. The molecule has 1 N–H and O–H groups in total. The van der Waals surface area contributed by atoms with Crippen LogP contribution in [0.2, 0.25) is 0 Å². The van der Waals surface area contributed by atoms with Crippen LogP contribution < -0.4 is 21.3 Å². The predicted octanol–water partition coefficient (Wildman–Crippen LogP) is 3.53. The predicted molar refractivity (Wildman–Crippen MR) is 118 cm³/mol. The van der Waals surface area contributed by atoms with E-state index in [2.05, 4.69) is 5.32 Å². The van der Waals surface area contributed by atoms with Crippen LogP contribution >= 0.6 is 11.3 Å². The summed E-state index contributed by atoms with van der Waals surface area (Å²) in [6.45, 7) is 1.78. The molecule has 1 amide bonds. The lowest BCUT2D eigenvalue weighted by Crippen LogP contribution is -2.40. The van der Waals surface area contributed by atoms with Gasteiger partial charge in [0.2, 0.25) is 5.91 Å². The van der Waals surface area contributed by atoms with E-state index in [1.807, 2.05) is 6.92 Å². The lowest BCUT2D eigenvalue weighted by Gasteiger charge is -2.14. The Morgan fingerprint density at radius 1 is 1.09 bits per heavy atom. The van der Waals surface area contributed by atoms with Crippen molar-refractivity contribution in [2.75, 3.05) is 11.9 Å². The van der Waals surface area contributed by atoms with Gasteiger partial charge in [-0.2, -0.15) is 0 Å². The Bertz CT molecular complexity index is 1420. The molecule has 7 nitrogen and oxygen atoms in total. The molecule has 0 spiro atoms. The van der Waals surface area contributed by atoms with Crippen LogP contribution in [-0.2, 0) is 11.3 Å². The van der Waals surface area contributed by atoms with Crippen molar-refractivity contribution >= 4 is 33.1 Å². The van der Waals surface area contributed by atoms with Crippen LogP contribution in [0.25, 0.3) is 15.9 Å². The average Bonchev–Trinajstić information content (AvgIpc) is 3.22. The molecule has 164 valence electrons. The molecule has 0 saturated carbocycles. The van der Waals surface area contributed by atoms with E-state index in [0.717, 1.165) is 28.0 Å².